The van der Waals surface area contributed by atoms with Crippen LogP contribution in [-0.2, 0) is 6.54 Å². The third kappa shape index (κ3) is 4.13. The van der Waals surface area contributed by atoms with E-state index in [1.54, 1.807) is 7.11 Å². The fraction of sp³-hybridized carbons (Fsp3) is 0.350. The number of carbonyl (C=O) groups is 1. The molecule has 0 fully saturated rings. The smallest absolute Gasteiger partial charge is 0.251 e. The van der Waals surface area contributed by atoms with Crippen LogP contribution in [0.5, 0.6) is 5.75 Å². The molecule has 122 valence electrons. The normalized spacial score (nSPS) is 10.7. The molecule has 2 aromatic rings. The average Bonchev–Trinajstić information content (AvgIpc) is 2.53. The number of aryl methyl sites for hydroxylation is 2. The number of hydrogen-bond acceptors (Lipinski definition) is 2. The standard InChI is InChI=1S/C20H25NO2/c1-13(2)17-11-18(15(4)10-19(17)23-5)20(22)21-12-16-8-6-14(3)7-9-16/h6-11,13H,12H2,1-5H3,(H,21,22). The lowest BCUT2D eigenvalue weighted by Gasteiger charge is -2.16. The molecule has 23 heavy (non-hydrogen) atoms. The van der Waals surface area contributed by atoms with Crippen molar-refractivity contribution in [2.75, 3.05) is 7.11 Å². The van der Waals surface area contributed by atoms with Gasteiger partial charge in [0.1, 0.15) is 5.75 Å². The van der Waals surface area contributed by atoms with Gasteiger partial charge in [0.2, 0.25) is 0 Å². The fourth-order valence-electron chi connectivity index (χ4n) is 2.55. The molecule has 0 aliphatic carbocycles. The van der Waals surface area contributed by atoms with Crippen LogP contribution in [0.1, 0.15) is 52.4 Å². The summed E-state index contributed by atoms with van der Waals surface area (Å²) in [5.41, 5.74) is 5.00. The van der Waals surface area contributed by atoms with Crippen molar-refractivity contribution in [2.45, 2.75) is 40.2 Å². The van der Waals surface area contributed by atoms with Crippen LogP contribution in [0.4, 0.5) is 0 Å². The van der Waals surface area contributed by atoms with Gasteiger partial charge in [0.15, 0.2) is 0 Å². The molecule has 1 amide bonds. The first-order valence-corrected chi connectivity index (χ1v) is 7.94. The lowest BCUT2D eigenvalue weighted by Crippen LogP contribution is -2.24. The second-order valence-electron chi connectivity index (χ2n) is 6.23. The number of hydrogen-bond donors (Lipinski definition) is 1. The minimum Gasteiger partial charge on any atom is -0.496 e. The Hall–Kier alpha value is -2.29. The first-order chi connectivity index (χ1) is 10.9. The summed E-state index contributed by atoms with van der Waals surface area (Å²) in [5.74, 6) is 1.09. The van der Waals surface area contributed by atoms with Gasteiger partial charge in [-0.15, -0.1) is 0 Å². The third-order valence-corrected chi connectivity index (χ3v) is 4.02. The number of rotatable bonds is 5. The van der Waals surface area contributed by atoms with Gasteiger partial charge >= 0.3 is 0 Å². The largest absolute Gasteiger partial charge is 0.496 e. The lowest BCUT2D eigenvalue weighted by atomic mass is 9.96. The van der Waals surface area contributed by atoms with E-state index in [1.807, 2.05) is 31.2 Å². The number of amides is 1. The van der Waals surface area contributed by atoms with E-state index in [-0.39, 0.29) is 5.91 Å². The maximum atomic E-state index is 12.5. The predicted octanol–water partition coefficient (Wildman–Crippen LogP) is 4.37. The van der Waals surface area contributed by atoms with Crippen LogP contribution in [0.3, 0.4) is 0 Å². The summed E-state index contributed by atoms with van der Waals surface area (Å²) in [6.45, 7) is 8.72. The zero-order valence-corrected chi connectivity index (χ0v) is 14.6. The Kier molecular flexibility index (Phi) is 5.43. The van der Waals surface area contributed by atoms with Gasteiger partial charge in [0.25, 0.3) is 5.91 Å². The molecule has 0 aliphatic heterocycles. The highest BCUT2D eigenvalue weighted by atomic mass is 16.5. The van der Waals surface area contributed by atoms with Gasteiger partial charge in [0, 0.05) is 12.1 Å². The van der Waals surface area contributed by atoms with Crippen LogP contribution >= 0.6 is 0 Å². The summed E-state index contributed by atoms with van der Waals surface area (Å²) >= 11 is 0. The van der Waals surface area contributed by atoms with Crippen molar-refractivity contribution in [3.63, 3.8) is 0 Å². The summed E-state index contributed by atoms with van der Waals surface area (Å²) in [5, 5.41) is 3.00. The quantitative estimate of drug-likeness (QED) is 0.890. The van der Waals surface area contributed by atoms with Crippen molar-refractivity contribution in [3.8, 4) is 5.75 Å². The Bertz CT molecular complexity index is 688. The Morgan fingerprint density at radius 3 is 2.35 bits per heavy atom. The van der Waals surface area contributed by atoms with Crippen molar-refractivity contribution in [1.82, 2.24) is 5.32 Å². The molecule has 3 nitrogen and oxygen atoms in total. The minimum atomic E-state index is -0.0485. The SMILES string of the molecule is COc1cc(C)c(C(=O)NCc2ccc(C)cc2)cc1C(C)C. The second-order valence-corrected chi connectivity index (χ2v) is 6.23. The molecule has 0 bridgehead atoms. The third-order valence-electron chi connectivity index (χ3n) is 4.02. The molecular weight excluding hydrogens is 286 g/mol. The topological polar surface area (TPSA) is 38.3 Å². The van der Waals surface area contributed by atoms with E-state index in [1.165, 1.54) is 5.56 Å². The van der Waals surface area contributed by atoms with Crippen LogP contribution in [0.2, 0.25) is 0 Å². The fourth-order valence-corrected chi connectivity index (χ4v) is 2.55. The Morgan fingerprint density at radius 1 is 1.13 bits per heavy atom. The molecule has 3 heteroatoms. The molecule has 0 saturated carbocycles. The van der Waals surface area contributed by atoms with E-state index < -0.39 is 0 Å². The zero-order chi connectivity index (χ0) is 17.0. The highest BCUT2D eigenvalue weighted by molar-refractivity contribution is 5.96. The summed E-state index contributed by atoms with van der Waals surface area (Å²) in [6, 6.07) is 12.1. The first kappa shape index (κ1) is 17.1. The van der Waals surface area contributed by atoms with Crippen molar-refractivity contribution in [3.05, 3.63) is 64.2 Å². The van der Waals surface area contributed by atoms with Gasteiger partial charge in [-0.1, -0.05) is 43.7 Å². The predicted molar refractivity (Wildman–Crippen MR) is 94.2 cm³/mol. The number of benzene rings is 2. The highest BCUT2D eigenvalue weighted by Crippen LogP contribution is 2.29. The van der Waals surface area contributed by atoms with Gasteiger partial charge in [-0.25, -0.2) is 0 Å². The van der Waals surface area contributed by atoms with Crippen LogP contribution in [-0.4, -0.2) is 13.0 Å². The zero-order valence-electron chi connectivity index (χ0n) is 14.6. The lowest BCUT2D eigenvalue weighted by molar-refractivity contribution is 0.0950. The molecule has 1 N–H and O–H groups in total. The van der Waals surface area contributed by atoms with Crippen LogP contribution in [0.25, 0.3) is 0 Å². The molecular formula is C20H25NO2. The van der Waals surface area contributed by atoms with Gasteiger partial charge in [-0.2, -0.15) is 0 Å². The van der Waals surface area contributed by atoms with Crippen molar-refractivity contribution in [2.24, 2.45) is 0 Å². The monoisotopic (exact) mass is 311 g/mol. The Balaban J connectivity index is 2.18. The van der Waals surface area contributed by atoms with Crippen LogP contribution in [0, 0.1) is 13.8 Å². The summed E-state index contributed by atoms with van der Waals surface area (Å²) in [6.07, 6.45) is 0. The van der Waals surface area contributed by atoms with Gasteiger partial charge < -0.3 is 10.1 Å². The molecule has 0 unspecified atom stereocenters. The van der Waals surface area contributed by atoms with Gasteiger partial charge in [-0.3, -0.25) is 4.79 Å². The highest BCUT2D eigenvalue weighted by Gasteiger charge is 2.15. The van der Waals surface area contributed by atoms with Crippen molar-refractivity contribution < 1.29 is 9.53 Å². The Morgan fingerprint density at radius 2 is 1.78 bits per heavy atom. The maximum absolute atomic E-state index is 12.5. The van der Waals surface area contributed by atoms with Crippen molar-refractivity contribution in [1.29, 1.82) is 0 Å². The number of ether oxygens (including phenoxy) is 1. The molecule has 2 aromatic carbocycles. The van der Waals surface area contributed by atoms with Gasteiger partial charge in [0.05, 0.1) is 7.11 Å². The van der Waals surface area contributed by atoms with E-state index in [4.69, 9.17) is 4.74 Å². The maximum Gasteiger partial charge on any atom is 0.251 e. The number of methoxy groups -OCH3 is 1. The van der Waals surface area contributed by atoms with E-state index in [0.29, 0.717) is 18.0 Å². The summed E-state index contributed by atoms with van der Waals surface area (Å²) < 4.78 is 5.43. The second kappa shape index (κ2) is 7.32. The summed E-state index contributed by atoms with van der Waals surface area (Å²) in [7, 11) is 1.66. The van der Waals surface area contributed by atoms with E-state index >= 15 is 0 Å². The van der Waals surface area contributed by atoms with Crippen LogP contribution < -0.4 is 10.1 Å². The molecule has 2 rings (SSSR count). The Labute approximate surface area is 138 Å². The molecule has 0 spiro atoms. The molecule has 0 atom stereocenters. The number of nitrogens with one attached hydrogen (secondary N) is 1. The number of carbonyl (C=O) groups excluding carboxylic acids is 1. The van der Waals surface area contributed by atoms with Crippen LogP contribution in [0.15, 0.2) is 36.4 Å². The molecule has 0 saturated heterocycles. The van der Waals surface area contributed by atoms with Crippen molar-refractivity contribution >= 4 is 5.91 Å². The van der Waals surface area contributed by atoms with Gasteiger partial charge in [-0.05, 0) is 48.6 Å². The molecule has 0 aliphatic rings. The average molecular weight is 311 g/mol. The molecule has 0 heterocycles. The molecule has 0 aromatic heterocycles. The summed E-state index contributed by atoms with van der Waals surface area (Å²) in [4.78, 5) is 12.5. The molecule has 0 radical (unpaired) electrons. The first-order valence-electron chi connectivity index (χ1n) is 7.94. The minimum absolute atomic E-state index is 0.0485. The van der Waals surface area contributed by atoms with E-state index in [2.05, 4.69) is 38.2 Å². The van der Waals surface area contributed by atoms with E-state index in [9.17, 15) is 4.79 Å². The van der Waals surface area contributed by atoms with E-state index in [0.717, 1.165) is 22.4 Å².